The number of hydrogen-bond acceptors (Lipinski definition) is 2. The van der Waals surface area contributed by atoms with Crippen molar-refractivity contribution in [2.45, 2.75) is 6.61 Å². The Hall–Kier alpha value is -1.45. The Morgan fingerprint density at radius 1 is 1.12 bits per heavy atom. The van der Waals surface area contributed by atoms with E-state index in [0.717, 1.165) is 11.8 Å². The highest BCUT2D eigenvalue weighted by Gasteiger charge is 2.03. The Labute approximate surface area is 97.3 Å². The van der Waals surface area contributed by atoms with Crippen molar-refractivity contribution in [2.75, 3.05) is 0 Å². The van der Waals surface area contributed by atoms with E-state index in [9.17, 15) is 4.39 Å². The smallest absolute Gasteiger partial charge is 0.142 e. The van der Waals surface area contributed by atoms with Crippen LogP contribution in [-0.4, -0.2) is 10.1 Å². The fourth-order valence-electron chi connectivity index (χ4n) is 1.48. The van der Waals surface area contributed by atoms with Crippen LogP contribution < -0.4 is 0 Å². The van der Waals surface area contributed by atoms with Gasteiger partial charge in [-0.2, -0.15) is 0 Å². The summed E-state index contributed by atoms with van der Waals surface area (Å²) in [6, 6.07) is 6.50. The minimum atomic E-state index is -0.400. The Morgan fingerprint density at radius 2 is 1.94 bits per heavy atom. The zero-order valence-electron chi connectivity index (χ0n) is 8.32. The van der Waals surface area contributed by atoms with Crippen molar-refractivity contribution in [3.63, 3.8) is 0 Å². The first-order valence-electron chi connectivity index (χ1n) is 4.70. The van der Waals surface area contributed by atoms with E-state index in [2.05, 4.69) is 4.98 Å². The summed E-state index contributed by atoms with van der Waals surface area (Å²) >= 11 is 5.89. The lowest BCUT2D eigenvalue weighted by atomic mass is 10.1. The first-order valence-corrected chi connectivity index (χ1v) is 5.08. The van der Waals surface area contributed by atoms with Crippen LogP contribution in [0.1, 0.15) is 5.56 Å². The number of aliphatic hydroxyl groups is 1. The van der Waals surface area contributed by atoms with Gasteiger partial charge in [0.2, 0.25) is 0 Å². The lowest BCUT2D eigenvalue weighted by Gasteiger charge is -2.05. The molecular weight excluding hydrogens is 229 g/mol. The molecule has 0 aliphatic rings. The molecule has 2 nitrogen and oxygen atoms in total. The summed E-state index contributed by atoms with van der Waals surface area (Å²) in [7, 11) is 0. The number of nitrogens with zero attached hydrogens (tertiary/aromatic N) is 1. The Morgan fingerprint density at radius 3 is 2.62 bits per heavy atom. The van der Waals surface area contributed by atoms with Gasteiger partial charge in [0.15, 0.2) is 0 Å². The maximum Gasteiger partial charge on any atom is 0.142 e. The van der Waals surface area contributed by atoms with Crippen LogP contribution in [0.4, 0.5) is 4.39 Å². The maximum atomic E-state index is 13.0. The molecule has 0 aliphatic heterocycles. The van der Waals surface area contributed by atoms with Gasteiger partial charge in [0.1, 0.15) is 5.82 Å². The van der Waals surface area contributed by atoms with Gasteiger partial charge in [-0.3, -0.25) is 4.98 Å². The molecule has 0 bridgehead atoms. The number of pyridine rings is 1. The number of benzene rings is 1. The predicted octanol–water partition coefficient (Wildman–Crippen LogP) is 3.03. The van der Waals surface area contributed by atoms with Crippen molar-refractivity contribution in [3.8, 4) is 11.1 Å². The highest BCUT2D eigenvalue weighted by Crippen LogP contribution is 2.24. The zero-order valence-corrected chi connectivity index (χ0v) is 9.08. The molecule has 0 fully saturated rings. The monoisotopic (exact) mass is 237 g/mol. The van der Waals surface area contributed by atoms with Gasteiger partial charge in [0, 0.05) is 16.8 Å². The minimum absolute atomic E-state index is 0.101. The van der Waals surface area contributed by atoms with Crippen LogP contribution in [0.5, 0.6) is 0 Å². The van der Waals surface area contributed by atoms with Crippen LogP contribution in [-0.2, 0) is 6.61 Å². The Balaban J connectivity index is 2.51. The first-order chi connectivity index (χ1) is 7.69. The third kappa shape index (κ3) is 2.38. The lowest BCUT2D eigenvalue weighted by Crippen LogP contribution is -1.87. The average Bonchev–Trinajstić information content (AvgIpc) is 2.28. The normalized spacial score (nSPS) is 10.4. The molecule has 0 radical (unpaired) electrons. The highest BCUT2D eigenvalue weighted by molar-refractivity contribution is 6.30. The number of rotatable bonds is 2. The van der Waals surface area contributed by atoms with E-state index in [0.29, 0.717) is 16.1 Å². The summed E-state index contributed by atoms with van der Waals surface area (Å²) < 4.78 is 13.0. The van der Waals surface area contributed by atoms with Crippen molar-refractivity contribution in [3.05, 3.63) is 53.1 Å². The van der Waals surface area contributed by atoms with Gasteiger partial charge in [-0.05, 0) is 35.4 Å². The van der Waals surface area contributed by atoms with Gasteiger partial charge in [0.05, 0.1) is 12.8 Å². The van der Waals surface area contributed by atoms with E-state index >= 15 is 0 Å². The molecule has 1 aromatic heterocycles. The number of halogens is 2. The summed E-state index contributed by atoms with van der Waals surface area (Å²) in [5.41, 5.74) is 2.06. The first kappa shape index (κ1) is 11.0. The molecule has 0 saturated carbocycles. The molecule has 0 atom stereocenters. The fourth-order valence-corrected chi connectivity index (χ4v) is 1.74. The second-order valence-corrected chi connectivity index (χ2v) is 3.83. The largest absolute Gasteiger partial charge is 0.392 e. The molecule has 0 saturated heterocycles. The van der Waals surface area contributed by atoms with Crippen molar-refractivity contribution in [1.82, 2.24) is 4.98 Å². The lowest BCUT2D eigenvalue weighted by molar-refractivity contribution is 0.282. The summed E-state index contributed by atoms with van der Waals surface area (Å²) in [6.45, 7) is -0.101. The predicted molar refractivity (Wildman–Crippen MR) is 60.6 cm³/mol. The van der Waals surface area contributed by atoms with Gasteiger partial charge in [0.25, 0.3) is 0 Å². The van der Waals surface area contributed by atoms with E-state index in [1.165, 1.54) is 6.07 Å². The third-order valence-electron chi connectivity index (χ3n) is 2.18. The van der Waals surface area contributed by atoms with Gasteiger partial charge < -0.3 is 5.11 Å². The van der Waals surface area contributed by atoms with E-state index in [4.69, 9.17) is 16.7 Å². The molecular formula is C12H9ClFNO. The molecule has 0 aliphatic carbocycles. The van der Waals surface area contributed by atoms with Crippen LogP contribution in [0.15, 0.2) is 36.7 Å². The molecule has 0 unspecified atom stereocenters. The van der Waals surface area contributed by atoms with E-state index in [1.54, 1.807) is 24.4 Å². The zero-order chi connectivity index (χ0) is 11.5. The van der Waals surface area contributed by atoms with Gasteiger partial charge in [-0.1, -0.05) is 11.6 Å². The summed E-state index contributed by atoms with van der Waals surface area (Å²) in [4.78, 5) is 3.77. The molecule has 4 heteroatoms. The SMILES string of the molecule is OCc1cc(Cl)cc(-c2cncc(F)c2)c1. The molecule has 82 valence electrons. The molecule has 16 heavy (non-hydrogen) atoms. The van der Waals surface area contributed by atoms with Gasteiger partial charge >= 0.3 is 0 Å². The van der Waals surface area contributed by atoms with Crippen molar-refractivity contribution >= 4 is 11.6 Å². The topological polar surface area (TPSA) is 33.1 Å². The van der Waals surface area contributed by atoms with Gasteiger partial charge in [-0.25, -0.2) is 4.39 Å². The van der Waals surface area contributed by atoms with Crippen LogP contribution in [0.3, 0.4) is 0 Å². The average molecular weight is 238 g/mol. The van der Waals surface area contributed by atoms with Crippen molar-refractivity contribution in [2.24, 2.45) is 0 Å². The Kier molecular flexibility index (Phi) is 3.17. The number of hydrogen-bond donors (Lipinski definition) is 1. The van der Waals surface area contributed by atoms with Crippen LogP contribution in [0, 0.1) is 5.82 Å². The molecule has 1 aromatic carbocycles. The molecule has 1 N–H and O–H groups in total. The molecule has 0 spiro atoms. The molecule has 1 heterocycles. The molecule has 0 amide bonds. The second kappa shape index (κ2) is 4.60. The van der Waals surface area contributed by atoms with E-state index < -0.39 is 5.82 Å². The van der Waals surface area contributed by atoms with Crippen molar-refractivity contribution < 1.29 is 9.50 Å². The molecule has 2 rings (SSSR count). The van der Waals surface area contributed by atoms with Gasteiger partial charge in [-0.15, -0.1) is 0 Å². The van der Waals surface area contributed by atoms with Crippen molar-refractivity contribution in [1.29, 1.82) is 0 Å². The highest BCUT2D eigenvalue weighted by atomic mass is 35.5. The molecule has 2 aromatic rings. The maximum absolute atomic E-state index is 13.0. The van der Waals surface area contributed by atoms with Crippen LogP contribution in [0.2, 0.25) is 5.02 Å². The summed E-state index contributed by atoms with van der Waals surface area (Å²) in [6.07, 6.45) is 2.69. The van der Waals surface area contributed by atoms with E-state index in [1.807, 2.05) is 0 Å². The van der Waals surface area contributed by atoms with Crippen LogP contribution >= 0.6 is 11.6 Å². The number of aromatic nitrogens is 1. The Bertz CT molecular complexity index is 516. The second-order valence-electron chi connectivity index (χ2n) is 3.40. The quantitative estimate of drug-likeness (QED) is 0.871. The third-order valence-corrected chi connectivity index (χ3v) is 2.40. The minimum Gasteiger partial charge on any atom is -0.392 e. The fraction of sp³-hybridized carbons (Fsp3) is 0.0833. The number of aliphatic hydroxyl groups excluding tert-OH is 1. The van der Waals surface area contributed by atoms with Crippen LogP contribution in [0.25, 0.3) is 11.1 Å². The summed E-state index contributed by atoms with van der Waals surface area (Å²) in [5.74, 6) is -0.400. The standard InChI is InChI=1S/C12H9ClFNO/c13-11-2-8(7-16)1-9(3-11)10-4-12(14)6-15-5-10/h1-6,16H,7H2. The van der Waals surface area contributed by atoms with E-state index in [-0.39, 0.29) is 6.61 Å². The summed E-state index contributed by atoms with van der Waals surface area (Å²) in [5, 5.41) is 9.55.